The molecule has 2 fully saturated rings. The summed E-state index contributed by atoms with van der Waals surface area (Å²) < 4.78 is 5.39. The summed E-state index contributed by atoms with van der Waals surface area (Å²) in [7, 11) is 1.91. The fourth-order valence-corrected chi connectivity index (χ4v) is 3.80. The molecule has 4 heteroatoms. The van der Waals surface area contributed by atoms with Crippen LogP contribution in [0.25, 0.3) is 0 Å². The monoisotopic (exact) mass is 316 g/mol. The largest absolute Gasteiger partial charge is 0.380 e. The quantitative estimate of drug-likeness (QED) is 0.855. The van der Waals surface area contributed by atoms with Crippen LogP contribution in [0.3, 0.4) is 0 Å². The molecule has 0 unspecified atom stereocenters. The minimum absolute atomic E-state index is 0.148. The maximum atomic E-state index is 12.8. The van der Waals surface area contributed by atoms with Crippen LogP contribution in [0.4, 0.5) is 4.79 Å². The summed E-state index contributed by atoms with van der Waals surface area (Å²) >= 11 is 0. The Morgan fingerprint density at radius 1 is 1.35 bits per heavy atom. The normalized spacial score (nSPS) is 19.7. The highest BCUT2D eigenvalue weighted by atomic mass is 16.5. The van der Waals surface area contributed by atoms with Crippen molar-refractivity contribution in [2.45, 2.75) is 39.2 Å². The average molecular weight is 316 g/mol. The van der Waals surface area contributed by atoms with Gasteiger partial charge < -0.3 is 14.5 Å². The van der Waals surface area contributed by atoms with Crippen molar-refractivity contribution in [2.75, 3.05) is 33.4 Å². The van der Waals surface area contributed by atoms with Gasteiger partial charge in [0.15, 0.2) is 0 Å². The van der Waals surface area contributed by atoms with Gasteiger partial charge in [0.05, 0.1) is 13.2 Å². The van der Waals surface area contributed by atoms with Gasteiger partial charge in [-0.15, -0.1) is 0 Å². The van der Waals surface area contributed by atoms with E-state index in [-0.39, 0.29) is 11.4 Å². The predicted molar refractivity (Wildman–Crippen MR) is 91.5 cm³/mol. The van der Waals surface area contributed by atoms with Crippen molar-refractivity contribution in [3.63, 3.8) is 0 Å². The molecule has 0 saturated carbocycles. The van der Waals surface area contributed by atoms with Crippen molar-refractivity contribution in [1.29, 1.82) is 0 Å². The Bertz CT molecular complexity index is 566. The van der Waals surface area contributed by atoms with Crippen molar-refractivity contribution >= 4 is 6.03 Å². The zero-order valence-electron chi connectivity index (χ0n) is 14.5. The highest BCUT2D eigenvalue weighted by Crippen LogP contribution is 2.37. The summed E-state index contributed by atoms with van der Waals surface area (Å²) in [5.74, 6) is 0.472. The highest BCUT2D eigenvalue weighted by Gasteiger charge is 2.43. The number of carbonyl (C=O) groups is 1. The van der Waals surface area contributed by atoms with Crippen LogP contribution in [-0.4, -0.2) is 49.2 Å². The Morgan fingerprint density at radius 2 is 2.09 bits per heavy atom. The Hall–Kier alpha value is -1.55. The molecule has 2 saturated heterocycles. The minimum atomic E-state index is 0.148. The third-order valence-electron chi connectivity index (χ3n) is 5.16. The van der Waals surface area contributed by atoms with Crippen molar-refractivity contribution in [1.82, 2.24) is 9.80 Å². The maximum absolute atomic E-state index is 12.8. The van der Waals surface area contributed by atoms with E-state index in [2.05, 4.69) is 38.1 Å². The van der Waals surface area contributed by atoms with Crippen LogP contribution in [0.5, 0.6) is 0 Å². The smallest absolute Gasteiger partial charge is 0.320 e. The molecule has 1 aromatic rings. The third-order valence-corrected chi connectivity index (χ3v) is 5.16. The molecule has 0 atom stereocenters. The van der Waals surface area contributed by atoms with E-state index < -0.39 is 0 Å². The average Bonchev–Trinajstić information content (AvgIpc) is 2.53. The first-order chi connectivity index (χ1) is 11.0. The summed E-state index contributed by atoms with van der Waals surface area (Å²) in [5, 5.41) is 0. The minimum Gasteiger partial charge on any atom is -0.380 e. The first kappa shape index (κ1) is 16.3. The van der Waals surface area contributed by atoms with Crippen LogP contribution in [0.15, 0.2) is 24.3 Å². The molecule has 0 radical (unpaired) electrons. The first-order valence-corrected chi connectivity index (χ1v) is 8.66. The SMILES string of the molecule is CC(C)c1ccccc1CN(C)C(=O)N1CCCC2(COC2)C1. The number of amides is 2. The molecule has 2 heterocycles. The number of urea groups is 1. The number of ether oxygens (including phenoxy) is 1. The lowest BCUT2D eigenvalue weighted by Crippen LogP contribution is -2.57. The molecule has 1 aromatic carbocycles. The van der Waals surface area contributed by atoms with Crippen LogP contribution in [-0.2, 0) is 11.3 Å². The zero-order chi connectivity index (χ0) is 16.4. The summed E-state index contributed by atoms with van der Waals surface area (Å²) in [4.78, 5) is 16.7. The Balaban J connectivity index is 1.66. The van der Waals surface area contributed by atoms with E-state index in [0.29, 0.717) is 12.5 Å². The van der Waals surface area contributed by atoms with Gasteiger partial charge in [0.25, 0.3) is 0 Å². The van der Waals surface area contributed by atoms with Crippen molar-refractivity contribution in [3.05, 3.63) is 35.4 Å². The number of nitrogens with zero attached hydrogens (tertiary/aromatic N) is 2. The molecule has 2 amide bonds. The maximum Gasteiger partial charge on any atom is 0.320 e. The molecule has 0 aliphatic carbocycles. The second kappa shape index (κ2) is 6.52. The van der Waals surface area contributed by atoms with Gasteiger partial charge >= 0.3 is 6.03 Å². The molecule has 0 N–H and O–H groups in total. The Morgan fingerprint density at radius 3 is 2.74 bits per heavy atom. The fraction of sp³-hybridized carbons (Fsp3) is 0.632. The number of piperidine rings is 1. The molecule has 0 bridgehead atoms. The Labute approximate surface area is 139 Å². The van der Waals surface area contributed by atoms with Crippen LogP contribution in [0, 0.1) is 5.41 Å². The van der Waals surface area contributed by atoms with Gasteiger partial charge in [-0.25, -0.2) is 4.79 Å². The van der Waals surface area contributed by atoms with Crippen LogP contribution in [0.2, 0.25) is 0 Å². The van der Waals surface area contributed by atoms with E-state index in [1.807, 2.05) is 16.8 Å². The van der Waals surface area contributed by atoms with E-state index in [1.165, 1.54) is 17.5 Å². The molecule has 4 nitrogen and oxygen atoms in total. The van der Waals surface area contributed by atoms with Crippen molar-refractivity contribution in [3.8, 4) is 0 Å². The fourth-order valence-electron chi connectivity index (χ4n) is 3.80. The molecule has 2 aliphatic rings. The number of hydrogen-bond acceptors (Lipinski definition) is 2. The number of carbonyl (C=O) groups excluding carboxylic acids is 1. The number of rotatable bonds is 3. The van der Waals surface area contributed by atoms with Gasteiger partial charge in [-0.3, -0.25) is 0 Å². The first-order valence-electron chi connectivity index (χ1n) is 8.66. The Kier molecular flexibility index (Phi) is 4.62. The molecule has 0 aromatic heterocycles. The van der Waals surface area contributed by atoms with E-state index in [1.54, 1.807) is 0 Å². The van der Waals surface area contributed by atoms with E-state index in [0.717, 1.165) is 32.7 Å². The molecule has 1 spiro atoms. The number of likely N-dealkylation sites (tertiary alicyclic amines) is 1. The van der Waals surface area contributed by atoms with Gasteiger partial charge in [-0.05, 0) is 29.9 Å². The lowest BCUT2D eigenvalue weighted by molar-refractivity contribution is -0.138. The summed E-state index contributed by atoms with van der Waals surface area (Å²) in [6, 6.07) is 8.58. The second-order valence-electron chi connectivity index (χ2n) is 7.51. The predicted octanol–water partition coefficient (Wildman–Crippen LogP) is 3.47. The third kappa shape index (κ3) is 3.37. The lowest BCUT2D eigenvalue weighted by atomic mass is 9.78. The topological polar surface area (TPSA) is 32.8 Å². The van der Waals surface area contributed by atoms with E-state index in [4.69, 9.17) is 4.74 Å². The standard InChI is InChI=1S/C19H28N2O2/c1-15(2)17-8-5-4-7-16(17)11-20(3)18(22)21-10-6-9-19(12-21)13-23-14-19/h4-5,7-8,15H,6,9-14H2,1-3H3. The zero-order valence-corrected chi connectivity index (χ0v) is 14.5. The van der Waals surface area contributed by atoms with Gasteiger partial charge in [0.1, 0.15) is 0 Å². The van der Waals surface area contributed by atoms with Crippen molar-refractivity contribution in [2.24, 2.45) is 5.41 Å². The van der Waals surface area contributed by atoms with Crippen LogP contribution >= 0.6 is 0 Å². The van der Waals surface area contributed by atoms with E-state index in [9.17, 15) is 4.79 Å². The highest BCUT2D eigenvalue weighted by molar-refractivity contribution is 5.74. The van der Waals surface area contributed by atoms with Crippen LogP contribution < -0.4 is 0 Å². The summed E-state index contributed by atoms with van der Waals surface area (Å²) in [5.41, 5.74) is 2.82. The number of hydrogen-bond donors (Lipinski definition) is 0. The van der Waals surface area contributed by atoms with E-state index >= 15 is 0 Å². The van der Waals surface area contributed by atoms with Crippen LogP contribution in [0.1, 0.15) is 43.7 Å². The molecular weight excluding hydrogens is 288 g/mol. The van der Waals surface area contributed by atoms with Gasteiger partial charge in [0, 0.05) is 32.1 Å². The molecule has 3 rings (SSSR count). The van der Waals surface area contributed by atoms with Gasteiger partial charge in [-0.1, -0.05) is 38.1 Å². The lowest BCUT2D eigenvalue weighted by Gasteiger charge is -2.48. The summed E-state index contributed by atoms with van der Waals surface area (Å²) in [6.07, 6.45) is 2.28. The second-order valence-corrected chi connectivity index (χ2v) is 7.51. The van der Waals surface area contributed by atoms with Gasteiger partial charge in [-0.2, -0.15) is 0 Å². The molecule has 126 valence electrons. The number of benzene rings is 1. The molecule has 2 aliphatic heterocycles. The summed E-state index contributed by atoms with van der Waals surface area (Å²) in [6.45, 7) is 8.43. The molecule has 23 heavy (non-hydrogen) atoms. The molecular formula is C19H28N2O2. The van der Waals surface area contributed by atoms with Gasteiger partial charge in [0.2, 0.25) is 0 Å². The van der Waals surface area contributed by atoms with Crippen molar-refractivity contribution < 1.29 is 9.53 Å².